The number of aromatic nitrogens is 2. The largest absolute Gasteiger partial charge is 0.497 e. The van der Waals surface area contributed by atoms with Gasteiger partial charge in [-0.1, -0.05) is 18.9 Å². The van der Waals surface area contributed by atoms with Gasteiger partial charge in [0.1, 0.15) is 5.75 Å². The molecular formula is C25H32N4O3. The molecule has 2 heterocycles. The van der Waals surface area contributed by atoms with Crippen LogP contribution in [0.1, 0.15) is 55.5 Å². The highest BCUT2D eigenvalue weighted by Gasteiger charge is 2.40. The molecule has 7 nitrogen and oxygen atoms in total. The highest BCUT2D eigenvalue weighted by Crippen LogP contribution is 2.33. The number of anilines is 1. The Balaban J connectivity index is 1.37. The van der Waals surface area contributed by atoms with Crippen LogP contribution in [0, 0.1) is 5.92 Å². The van der Waals surface area contributed by atoms with Gasteiger partial charge in [-0.25, -0.2) is 0 Å². The first-order chi connectivity index (χ1) is 15.5. The van der Waals surface area contributed by atoms with Crippen LogP contribution in [0.4, 0.5) is 5.69 Å². The van der Waals surface area contributed by atoms with Gasteiger partial charge in [0.15, 0.2) is 0 Å². The van der Waals surface area contributed by atoms with E-state index in [9.17, 15) is 9.59 Å². The quantitative estimate of drug-likeness (QED) is 0.697. The van der Waals surface area contributed by atoms with Crippen LogP contribution in [0.25, 0.3) is 0 Å². The van der Waals surface area contributed by atoms with Gasteiger partial charge >= 0.3 is 0 Å². The van der Waals surface area contributed by atoms with E-state index in [2.05, 4.69) is 4.90 Å². The van der Waals surface area contributed by atoms with Crippen molar-refractivity contribution in [2.24, 2.45) is 13.0 Å². The SMILES string of the molecule is COc1cccc(N2CC(C(=O)N(Cc3nn(C)c4c3CCC4)C3CCCC3)CC2=O)c1. The van der Waals surface area contributed by atoms with Crippen LogP contribution in [0.15, 0.2) is 24.3 Å². The van der Waals surface area contributed by atoms with Gasteiger partial charge in [0, 0.05) is 43.5 Å². The third-order valence-corrected chi connectivity index (χ3v) is 7.41. The van der Waals surface area contributed by atoms with E-state index in [4.69, 9.17) is 9.84 Å². The first-order valence-corrected chi connectivity index (χ1v) is 11.8. The molecule has 1 saturated carbocycles. The number of ether oxygens (including phenoxy) is 1. The molecule has 0 radical (unpaired) electrons. The van der Waals surface area contributed by atoms with Crippen LogP contribution in [-0.4, -0.2) is 46.2 Å². The summed E-state index contributed by atoms with van der Waals surface area (Å²) < 4.78 is 7.31. The molecule has 1 saturated heterocycles. The molecule has 2 fully saturated rings. The van der Waals surface area contributed by atoms with Crippen molar-refractivity contribution in [1.29, 1.82) is 0 Å². The second-order valence-electron chi connectivity index (χ2n) is 9.36. The summed E-state index contributed by atoms with van der Waals surface area (Å²) in [5.41, 5.74) is 4.50. The number of nitrogens with zero attached hydrogens (tertiary/aromatic N) is 4. The van der Waals surface area contributed by atoms with Gasteiger partial charge in [0.2, 0.25) is 11.8 Å². The minimum absolute atomic E-state index is 0.00158. The zero-order chi connectivity index (χ0) is 22.2. The summed E-state index contributed by atoms with van der Waals surface area (Å²) >= 11 is 0. The molecule has 170 valence electrons. The predicted octanol–water partition coefficient (Wildman–Crippen LogP) is 3.24. The van der Waals surface area contributed by atoms with Crippen molar-refractivity contribution in [3.63, 3.8) is 0 Å². The Morgan fingerprint density at radius 1 is 1.22 bits per heavy atom. The van der Waals surface area contributed by atoms with Crippen molar-refractivity contribution < 1.29 is 14.3 Å². The smallest absolute Gasteiger partial charge is 0.228 e. The number of carbonyl (C=O) groups excluding carboxylic acids is 2. The van der Waals surface area contributed by atoms with Crippen LogP contribution in [0.2, 0.25) is 0 Å². The van der Waals surface area contributed by atoms with E-state index in [1.165, 1.54) is 11.3 Å². The summed E-state index contributed by atoms with van der Waals surface area (Å²) in [5.74, 6) is 0.502. The maximum Gasteiger partial charge on any atom is 0.228 e. The Morgan fingerprint density at radius 3 is 2.81 bits per heavy atom. The number of methoxy groups -OCH3 is 1. The fraction of sp³-hybridized carbons (Fsp3) is 0.560. The lowest BCUT2D eigenvalue weighted by Crippen LogP contribution is -2.43. The van der Waals surface area contributed by atoms with Crippen molar-refractivity contribution in [3.05, 3.63) is 41.2 Å². The normalized spacial score (nSPS) is 20.8. The first-order valence-electron chi connectivity index (χ1n) is 11.8. The van der Waals surface area contributed by atoms with E-state index >= 15 is 0 Å². The Bertz CT molecular complexity index is 1020. The number of carbonyl (C=O) groups is 2. The number of hydrogen-bond donors (Lipinski definition) is 0. The Morgan fingerprint density at radius 2 is 2.03 bits per heavy atom. The van der Waals surface area contributed by atoms with Crippen LogP contribution < -0.4 is 9.64 Å². The van der Waals surface area contributed by atoms with Crippen molar-refractivity contribution in [2.45, 2.75) is 64.0 Å². The third kappa shape index (κ3) is 3.78. The molecule has 1 aromatic carbocycles. The molecule has 2 amide bonds. The molecule has 0 N–H and O–H groups in total. The number of aryl methyl sites for hydroxylation is 1. The second-order valence-corrected chi connectivity index (χ2v) is 9.36. The number of amides is 2. The number of hydrogen-bond acceptors (Lipinski definition) is 4. The van der Waals surface area contributed by atoms with E-state index in [1.54, 1.807) is 12.0 Å². The summed E-state index contributed by atoms with van der Waals surface area (Å²) in [6, 6.07) is 7.75. The molecule has 1 atom stereocenters. The third-order valence-electron chi connectivity index (χ3n) is 7.41. The topological polar surface area (TPSA) is 67.7 Å². The number of benzene rings is 1. The lowest BCUT2D eigenvalue weighted by atomic mass is 10.0. The summed E-state index contributed by atoms with van der Waals surface area (Å²) in [7, 11) is 3.63. The monoisotopic (exact) mass is 436 g/mol. The molecule has 2 aromatic rings. The fourth-order valence-corrected chi connectivity index (χ4v) is 5.72. The highest BCUT2D eigenvalue weighted by molar-refractivity contribution is 6.00. The Labute approximate surface area is 189 Å². The summed E-state index contributed by atoms with van der Waals surface area (Å²) in [6.07, 6.45) is 7.96. The molecule has 1 unspecified atom stereocenters. The van der Waals surface area contributed by atoms with Crippen LogP contribution in [-0.2, 0) is 36.0 Å². The molecule has 2 aliphatic carbocycles. The van der Waals surface area contributed by atoms with Gasteiger partial charge in [-0.05, 0) is 49.8 Å². The minimum Gasteiger partial charge on any atom is -0.497 e. The summed E-state index contributed by atoms with van der Waals surface area (Å²) in [4.78, 5) is 30.4. The second kappa shape index (κ2) is 8.60. The van der Waals surface area contributed by atoms with Crippen molar-refractivity contribution in [3.8, 4) is 5.75 Å². The molecule has 32 heavy (non-hydrogen) atoms. The Kier molecular flexibility index (Phi) is 5.66. The standard InChI is InChI=1S/C25H32N4O3/c1-27-23-12-6-11-21(23)22(26-27)16-29(18-7-3-4-8-18)25(31)17-13-24(30)28(15-17)19-9-5-10-20(14-19)32-2/h5,9-10,14,17-18H,3-4,6-8,11-13,15-16H2,1-2H3. The van der Waals surface area contributed by atoms with Gasteiger partial charge in [0.05, 0.1) is 25.3 Å². The molecule has 0 bridgehead atoms. The average Bonchev–Trinajstić information content (AvgIpc) is 3.59. The molecule has 0 spiro atoms. The van der Waals surface area contributed by atoms with Gasteiger partial charge in [-0.3, -0.25) is 14.3 Å². The number of fused-ring (bicyclic) bond motifs is 1. The lowest BCUT2D eigenvalue weighted by molar-refractivity contribution is -0.138. The van der Waals surface area contributed by atoms with Crippen molar-refractivity contribution >= 4 is 17.5 Å². The lowest BCUT2D eigenvalue weighted by Gasteiger charge is -2.31. The van der Waals surface area contributed by atoms with E-state index in [1.807, 2.05) is 36.0 Å². The fourth-order valence-electron chi connectivity index (χ4n) is 5.72. The average molecular weight is 437 g/mol. The predicted molar refractivity (Wildman–Crippen MR) is 121 cm³/mol. The first kappa shape index (κ1) is 21.0. The molecule has 3 aliphatic rings. The molecule has 5 rings (SSSR count). The van der Waals surface area contributed by atoms with E-state index < -0.39 is 0 Å². The van der Waals surface area contributed by atoms with Gasteiger partial charge in [-0.15, -0.1) is 0 Å². The summed E-state index contributed by atoms with van der Waals surface area (Å²) in [6.45, 7) is 0.991. The van der Waals surface area contributed by atoms with Crippen LogP contribution >= 0.6 is 0 Å². The van der Waals surface area contributed by atoms with Gasteiger partial charge < -0.3 is 14.5 Å². The van der Waals surface area contributed by atoms with Gasteiger partial charge in [0.25, 0.3) is 0 Å². The summed E-state index contributed by atoms with van der Waals surface area (Å²) in [5, 5.41) is 4.78. The van der Waals surface area contributed by atoms with Crippen molar-refractivity contribution in [2.75, 3.05) is 18.6 Å². The van der Waals surface area contributed by atoms with E-state index in [0.717, 1.165) is 56.3 Å². The molecule has 7 heteroatoms. The molecular weight excluding hydrogens is 404 g/mol. The Hall–Kier alpha value is -2.83. The zero-order valence-corrected chi connectivity index (χ0v) is 19.0. The zero-order valence-electron chi connectivity index (χ0n) is 19.0. The maximum atomic E-state index is 13.8. The number of rotatable bonds is 6. The van der Waals surface area contributed by atoms with Crippen molar-refractivity contribution in [1.82, 2.24) is 14.7 Å². The molecule has 1 aliphatic heterocycles. The van der Waals surface area contributed by atoms with E-state index in [-0.39, 0.29) is 30.2 Å². The highest BCUT2D eigenvalue weighted by atomic mass is 16.5. The van der Waals surface area contributed by atoms with Crippen LogP contribution in [0.3, 0.4) is 0 Å². The molecule has 1 aromatic heterocycles. The minimum atomic E-state index is -0.314. The van der Waals surface area contributed by atoms with E-state index in [0.29, 0.717) is 18.8 Å². The van der Waals surface area contributed by atoms with Crippen LogP contribution in [0.5, 0.6) is 5.75 Å². The maximum absolute atomic E-state index is 13.8. The van der Waals surface area contributed by atoms with Gasteiger partial charge in [-0.2, -0.15) is 5.10 Å².